The minimum absolute atomic E-state index is 0.0123. The van der Waals surface area contributed by atoms with E-state index in [1.165, 1.54) is 22.2 Å². The van der Waals surface area contributed by atoms with Crippen LogP contribution in [0.15, 0.2) is 22.6 Å². The van der Waals surface area contributed by atoms with Gasteiger partial charge in [-0.1, -0.05) is 13.8 Å². The van der Waals surface area contributed by atoms with Gasteiger partial charge in [0.1, 0.15) is 4.83 Å². The van der Waals surface area contributed by atoms with Crippen LogP contribution in [-0.4, -0.2) is 40.0 Å². The van der Waals surface area contributed by atoms with Crippen LogP contribution in [-0.2, 0) is 11.3 Å². The van der Waals surface area contributed by atoms with Gasteiger partial charge < -0.3 is 10.6 Å². The van der Waals surface area contributed by atoms with Gasteiger partial charge >= 0.3 is 0 Å². The molecule has 23 heavy (non-hydrogen) atoms. The Kier molecular flexibility index (Phi) is 5.90. The molecule has 0 fully saturated rings. The minimum atomic E-state index is -0.0893. The lowest BCUT2D eigenvalue weighted by Crippen LogP contribution is -2.35. The second-order valence-electron chi connectivity index (χ2n) is 6.14. The first-order chi connectivity index (χ1) is 10.9. The van der Waals surface area contributed by atoms with E-state index in [-0.39, 0.29) is 23.9 Å². The summed E-state index contributed by atoms with van der Waals surface area (Å²) in [5.74, 6) is 0.416. The molecule has 2 aromatic rings. The number of amides is 1. The number of nitrogens with zero attached hydrogens (tertiary/aromatic N) is 3. The van der Waals surface area contributed by atoms with Crippen LogP contribution < -0.4 is 11.3 Å². The lowest BCUT2D eigenvalue weighted by atomic mass is 10.0. The van der Waals surface area contributed by atoms with E-state index in [0.717, 1.165) is 11.3 Å². The van der Waals surface area contributed by atoms with Gasteiger partial charge in [0.25, 0.3) is 5.56 Å². The topological polar surface area (TPSA) is 81.2 Å². The van der Waals surface area contributed by atoms with Crippen molar-refractivity contribution in [1.29, 1.82) is 0 Å². The molecule has 0 bridgehead atoms. The van der Waals surface area contributed by atoms with Gasteiger partial charge in [-0.2, -0.15) is 0 Å². The maximum Gasteiger partial charge on any atom is 0.262 e. The predicted octanol–water partition coefficient (Wildman–Crippen LogP) is 1.68. The van der Waals surface area contributed by atoms with Crippen molar-refractivity contribution in [2.75, 3.05) is 13.6 Å². The highest BCUT2D eigenvalue weighted by molar-refractivity contribution is 7.16. The second kappa shape index (κ2) is 7.70. The van der Waals surface area contributed by atoms with Gasteiger partial charge in [-0.15, -0.1) is 11.3 Å². The largest absolute Gasteiger partial charge is 0.346 e. The molecule has 2 N–H and O–H groups in total. The third-order valence-corrected chi connectivity index (χ3v) is 4.92. The van der Waals surface area contributed by atoms with Gasteiger partial charge in [0, 0.05) is 32.6 Å². The smallest absolute Gasteiger partial charge is 0.262 e. The van der Waals surface area contributed by atoms with Crippen LogP contribution in [0.2, 0.25) is 0 Å². The first-order valence-corrected chi connectivity index (χ1v) is 8.70. The molecule has 0 aromatic carbocycles. The average Bonchev–Trinajstić information content (AvgIpc) is 3.00. The SMILES string of the molecule is CC(C)C(N)CCN(C)C(=O)CCn1cnc2sccc2c1=O. The first kappa shape index (κ1) is 17.6. The molecule has 126 valence electrons. The summed E-state index contributed by atoms with van der Waals surface area (Å²) in [5.41, 5.74) is 5.91. The molecule has 0 saturated heterocycles. The summed E-state index contributed by atoms with van der Waals surface area (Å²) in [5, 5.41) is 2.46. The summed E-state index contributed by atoms with van der Waals surface area (Å²) < 4.78 is 1.50. The van der Waals surface area contributed by atoms with Crippen molar-refractivity contribution in [1.82, 2.24) is 14.5 Å². The highest BCUT2D eigenvalue weighted by Crippen LogP contribution is 2.13. The van der Waals surface area contributed by atoms with E-state index in [1.54, 1.807) is 18.0 Å². The van der Waals surface area contributed by atoms with Gasteiger partial charge in [-0.3, -0.25) is 14.2 Å². The van der Waals surface area contributed by atoms with Crippen LogP contribution in [0.1, 0.15) is 26.7 Å². The number of fused-ring (bicyclic) bond motifs is 1. The molecule has 6 nitrogen and oxygen atoms in total. The van der Waals surface area contributed by atoms with Crippen molar-refractivity contribution in [3.63, 3.8) is 0 Å². The Hall–Kier alpha value is -1.73. The molecule has 1 amide bonds. The third kappa shape index (κ3) is 4.39. The molecule has 0 spiro atoms. The molecular formula is C16H24N4O2S. The number of thiophene rings is 1. The molecule has 2 rings (SSSR count). The zero-order valence-corrected chi connectivity index (χ0v) is 14.7. The number of nitrogens with two attached hydrogens (primary N) is 1. The van der Waals surface area contributed by atoms with E-state index in [0.29, 0.717) is 24.4 Å². The molecule has 0 saturated carbocycles. The molecule has 1 atom stereocenters. The molecular weight excluding hydrogens is 312 g/mol. The number of hydrogen-bond acceptors (Lipinski definition) is 5. The van der Waals surface area contributed by atoms with Crippen LogP contribution in [0.4, 0.5) is 0 Å². The van der Waals surface area contributed by atoms with Crippen molar-refractivity contribution in [3.05, 3.63) is 28.1 Å². The fraction of sp³-hybridized carbons (Fsp3) is 0.562. The van der Waals surface area contributed by atoms with E-state index < -0.39 is 0 Å². The molecule has 7 heteroatoms. The second-order valence-corrected chi connectivity index (χ2v) is 7.04. The minimum Gasteiger partial charge on any atom is -0.346 e. The zero-order chi connectivity index (χ0) is 17.0. The van der Waals surface area contributed by atoms with Crippen molar-refractivity contribution in [3.8, 4) is 0 Å². The van der Waals surface area contributed by atoms with Crippen LogP contribution >= 0.6 is 11.3 Å². The summed E-state index contributed by atoms with van der Waals surface area (Å²) >= 11 is 1.44. The number of carbonyl (C=O) groups is 1. The molecule has 2 aromatic heterocycles. The Morgan fingerprint density at radius 2 is 2.22 bits per heavy atom. The van der Waals surface area contributed by atoms with E-state index in [4.69, 9.17) is 5.73 Å². The monoisotopic (exact) mass is 336 g/mol. The quantitative estimate of drug-likeness (QED) is 0.834. The fourth-order valence-electron chi connectivity index (χ4n) is 2.26. The van der Waals surface area contributed by atoms with Gasteiger partial charge in [0.15, 0.2) is 0 Å². The van der Waals surface area contributed by atoms with Crippen LogP contribution in [0.25, 0.3) is 10.2 Å². The normalized spacial score (nSPS) is 12.7. The lowest BCUT2D eigenvalue weighted by Gasteiger charge is -2.21. The third-order valence-electron chi connectivity index (χ3n) is 4.10. The first-order valence-electron chi connectivity index (χ1n) is 7.82. The molecule has 0 aliphatic rings. The van der Waals surface area contributed by atoms with Gasteiger partial charge in [-0.25, -0.2) is 4.98 Å². The van der Waals surface area contributed by atoms with Crippen molar-refractivity contribution in [2.45, 2.75) is 39.3 Å². The summed E-state index contributed by atoms with van der Waals surface area (Å²) in [7, 11) is 1.78. The lowest BCUT2D eigenvalue weighted by molar-refractivity contribution is -0.130. The number of carbonyl (C=O) groups excluding carboxylic acids is 1. The fourth-order valence-corrected chi connectivity index (χ4v) is 2.98. The van der Waals surface area contributed by atoms with Gasteiger partial charge in [0.05, 0.1) is 11.7 Å². The van der Waals surface area contributed by atoms with E-state index in [9.17, 15) is 9.59 Å². The highest BCUT2D eigenvalue weighted by Gasteiger charge is 2.13. The average molecular weight is 336 g/mol. The van der Waals surface area contributed by atoms with Crippen molar-refractivity contribution in [2.24, 2.45) is 11.7 Å². The van der Waals surface area contributed by atoms with Gasteiger partial charge in [0.2, 0.25) is 5.91 Å². The van der Waals surface area contributed by atoms with Crippen LogP contribution in [0.3, 0.4) is 0 Å². The number of aromatic nitrogens is 2. The number of hydrogen-bond donors (Lipinski definition) is 1. The molecule has 2 heterocycles. The van der Waals surface area contributed by atoms with E-state index >= 15 is 0 Å². The highest BCUT2D eigenvalue weighted by atomic mass is 32.1. The van der Waals surface area contributed by atoms with Crippen LogP contribution in [0.5, 0.6) is 0 Å². The Balaban J connectivity index is 1.90. The van der Waals surface area contributed by atoms with E-state index in [2.05, 4.69) is 18.8 Å². The van der Waals surface area contributed by atoms with E-state index in [1.807, 2.05) is 5.38 Å². The molecule has 1 unspecified atom stereocenters. The summed E-state index contributed by atoms with van der Waals surface area (Å²) in [6.45, 7) is 5.13. The van der Waals surface area contributed by atoms with Crippen LogP contribution in [0, 0.1) is 5.92 Å². The molecule has 0 aliphatic carbocycles. The van der Waals surface area contributed by atoms with Crippen molar-refractivity contribution < 1.29 is 4.79 Å². The number of aryl methyl sites for hydroxylation is 1. The Morgan fingerprint density at radius 1 is 1.48 bits per heavy atom. The summed E-state index contributed by atoms with van der Waals surface area (Å²) in [4.78, 5) is 31.1. The summed E-state index contributed by atoms with van der Waals surface area (Å²) in [6.07, 6.45) is 2.58. The maximum atomic E-state index is 12.3. The summed E-state index contributed by atoms with van der Waals surface area (Å²) in [6, 6.07) is 1.87. The van der Waals surface area contributed by atoms with Crippen molar-refractivity contribution >= 4 is 27.5 Å². The number of rotatable bonds is 7. The molecule has 0 aliphatic heterocycles. The Morgan fingerprint density at radius 3 is 2.91 bits per heavy atom. The Labute approximate surface area is 139 Å². The Bertz CT molecular complexity index is 722. The molecule has 0 radical (unpaired) electrons. The maximum absolute atomic E-state index is 12.3. The zero-order valence-electron chi connectivity index (χ0n) is 13.9. The standard InChI is InChI=1S/C16H24N4O2S/c1-11(2)13(17)4-7-19(3)14(21)5-8-20-10-18-15-12(16(20)22)6-9-23-15/h6,9-11,13H,4-5,7-8,17H2,1-3H3. The predicted molar refractivity (Wildman–Crippen MR) is 93.6 cm³/mol. The van der Waals surface area contributed by atoms with Gasteiger partial charge in [-0.05, 0) is 23.8 Å².